The van der Waals surface area contributed by atoms with Gasteiger partial charge in [-0.15, -0.1) is 0 Å². The van der Waals surface area contributed by atoms with Gasteiger partial charge < -0.3 is 10.6 Å². The van der Waals surface area contributed by atoms with Gasteiger partial charge in [-0.25, -0.2) is 13.6 Å². The van der Waals surface area contributed by atoms with Gasteiger partial charge in [0.05, 0.1) is 28.5 Å². The quantitative estimate of drug-likeness (QED) is 0.673. The number of nitrogens with two attached hydrogens (primary N) is 1. The number of primary sulfonamides is 1. The second-order valence-electron chi connectivity index (χ2n) is 5.70. The normalized spacial score (nSPS) is 11.5. The van der Waals surface area contributed by atoms with Crippen molar-refractivity contribution in [1.82, 2.24) is 15.1 Å². The molecule has 2 aromatic rings. The fourth-order valence-electron chi connectivity index (χ4n) is 2.49. The Morgan fingerprint density at radius 1 is 1.24 bits per heavy atom. The molecule has 0 spiro atoms. The van der Waals surface area contributed by atoms with E-state index in [4.69, 9.17) is 5.14 Å². The first-order valence-corrected chi connectivity index (χ1v) is 9.43. The molecule has 0 radical (unpaired) electrons. The van der Waals surface area contributed by atoms with Gasteiger partial charge in [0, 0.05) is 13.1 Å². The van der Waals surface area contributed by atoms with Gasteiger partial charge in [-0.1, -0.05) is 12.1 Å². The van der Waals surface area contributed by atoms with Gasteiger partial charge in [0.1, 0.15) is 0 Å². The molecule has 0 aliphatic rings. The summed E-state index contributed by atoms with van der Waals surface area (Å²) in [6.07, 6.45) is 0. The van der Waals surface area contributed by atoms with Crippen molar-refractivity contribution in [3.63, 3.8) is 0 Å². The van der Waals surface area contributed by atoms with E-state index in [9.17, 15) is 13.2 Å². The summed E-state index contributed by atoms with van der Waals surface area (Å²) in [4.78, 5) is 12.1. The highest BCUT2D eigenvalue weighted by atomic mass is 32.2. The molecule has 1 amide bonds. The maximum atomic E-state index is 12.1. The van der Waals surface area contributed by atoms with E-state index in [2.05, 4.69) is 15.7 Å². The van der Waals surface area contributed by atoms with E-state index < -0.39 is 10.0 Å². The Hall–Kier alpha value is -2.23. The zero-order valence-electron chi connectivity index (χ0n) is 14.5. The van der Waals surface area contributed by atoms with Crippen molar-refractivity contribution < 1.29 is 13.2 Å². The molecular weight excluding hydrogens is 342 g/mol. The monoisotopic (exact) mass is 365 g/mol. The number of aromatic nitrogens is 2. The minimum Gasteiger partial charge on any atom is -0.322 e. The second-order valence-corrected chi connectivity index (χ2v) is 7.26. The van der Waals surface area contributed by atoms with Crippen LogP contribution in [0.3, 0.4) is 0 Å². The highest BCUT2D eigenvalue weighted by Gasteiger charge is 2.13. The molecule has 0 aliphatic carbocycles. The van der Waals surface area contributed by atoms with E-state index >= 15 is 0 Å². The fraction of sp³-hybridized carbons (Fsp3) is 0.375. The Balaban J connectivity index is 1.88. The van der Waals surface area contributed by atoms with E-state index in [1.807, 2.05) is 25.5 Å². The van der Waals surface area contributed by atoms with Crippen LogP contribution in [0.5, 0.6) is 0 Å². The molecule has 1 heterocycles. The molecule has 0 saturated heterocycles. The molecule has 0 saturated carbocycles. The van der Waals surface area contributed by atoms with E-state index in [1.54, 1.807) is 12.1 Å². The van der Waals surface area contributed by atoms with Crippen molar-refractivity contribution in [3.8, 4) is 0 Å². The van der Waals surface area contributed by atoms with Crippen LogP contribution in [0, 0.1) is 13.8 Å². The SMILES string of the molecule is CCn1nc(C)c(NC(=O)CNCc2ccc(S(N)(=O)=O)cc2)c1C. The number of benzene rings is 1. The Kier molecular flexibility index (Phi) is 5.93. The number of carbonyl (C=O) groups is 1. The van der Waals surface area contributed by atoms with Crippen LogP contribution in [0.15, 0.2) is 29.2 Å². The van der Waals surface area contributed by atoms with Gasteiger partial charge >= 0.3 is 0 Å². The van der Waals surface area contributed by atoms with E-state index in [1.165, 1.54) is 12.1 Å². The summed E-state index contributed by atoms with van der Waals surface area (Å²) in [5.41, 5.74) is 3.30. The molecule has 25 heavy (non-hydrogen) atoms. The number of nitrogens with one attached hydrogen (secondary N) is 2. The Labute approximate surface area is 147 Å². The number of hydrogen-bond donors (Lipinski definition) is 3. The Bertz CT molecular complexity index is 857. The number of aryl methyl sites for hydroxylation is 2. The lowest BCUT2D eigenvalue weighted by atomic mass is 10.2. The van der Waals surface area contributed by atoms with Gasteiger partial charge in [-0.2, -0.15) is 5.10 Å². The van der Waals surface area contributed by atoms with E-state index in [0.29, 0.717) is 6.54 Å². The number of nitrogens with zero attached hydrogens (tertiary/aromatic N) is 2. The molecule has 9 heteroatoms. The summed E-state index contributed by atoms with van der Waals surface area (Å²) in [5.74, 6) is -0.164. The molecule has 8 nitrogen and oxygen atoms in total. The standard InChI is InChI=1S/C16H23N5O3S/c1-4-21-12(3)16(11(2)20-21)19-15(22)10-18-9-13-5-7-14(8-6-13)25(17,23)24/h5-8,18H,4,9-10H2,1-3H3,(H,19,22)(H2,17,23,24). The van der Waals surface area contributed by atoms with Crippen molar-refractivity contribution in [2.45, 2.75) is 38.8 Å². The van der Waals surface area contributed by atoms with Crippen LogP contribution in [0.1, 0.15) is 23.9 Å². The number of carbonyl (C=O) groups excluding carboxylic acids is 1. The van der Waals surface area contributed by atoms with Gasteiger partial charge in [-0.05, 0) is 38.5 Å². The molecule has 136 valence electrons. The number of sulfonamides is 1. The first kappa shape index (κ1) is 19.1. The van der Waals surface area contributed by atoms with Crippen molar-refractivity contribution >= 4 is 21.6 Å². The third kappa shape index (κ3) is 4.88. The third-order valence-electron chi connectivity index (χ3n) is 3.81. The average molecular weight is 365 g/mol. The summed E-state index contributed by atoms with van der Waals surface area (Å²) in [7, 11) is -3.69. The number of rotatable bonds is 7. The molecule has 0 fully saturated rings. The predicted molar refractivity (Wildman–Crippen MR) is 95.5 cm³/mol. The van der Waals surface area contributed by atoms with Crippen LogP contribution in [0.2, 0.25) is 0 Å². The van der Waals surface area contributed by atoms with Crippen LogP contribution in [0.25, 0.3) is 0 Å². The van der Waals surface area contributed by atoms with Crippen LogP contribution < -0.4 is 15.8 Å². The highest BCUT2D eigenvalue weighted by molar-refractivity contribution is 7.89. The first-order valence-electron chi connectivity index (χ1n) is 7.88. The lowest BCUT2D eigenvalue weighted by Crippen LogP contribution is -2.28. The number of hydrogen-bond acceptors (Lipinski definition) is 5. The van der Waals surface area contributed by atoms with Crippen LogP contribution in [0.4, 0.5) is 5.69 Å². The lowest BCUT2D eigenvalue weighted by molar-refractivity contribution is -0.115. The molecule has 1 aromatic heterocycles. The minimum atomic E-state index is -3.69. The summed E-state index contributed by atoms with van der Waals surface area (Å²) in [5, 5.41) is 15.3. The van der Waals surface area contributed by atoms with E-state index in [0.717, 1.165) is 29.2 Å². The van der Waals surface area contributed by atoms with Gasteiger partial charge in [0.25, 0.3) is 0 Å². The van der Waals surface area contributed by atoms with Crippen molar-refractivity contribution in [3.05, 3.63) is 41.2 Å². The van der Waals surface area contributed by atoms with Crippen molar-refractivity contribution in [2.75, 3.05) is 11.9 Å². The van der Waals surface area contributed by atoms with Crippen molar-refractivity contribution in [1.29, 1.82) is 0 Å². The molecule has 0 bridgehead atoms. The highest BCUT2D eigenvalue weighted by Crippen LogP contribution is 2.18. The van der Waals surface area contributed by atoms with Gasteiger partial charge in [-0.3, -0.25) is 9.48 Å². The molecule has 2 rings (SSSR count). The molecular formula is C16H23N5O3S. The van der Waals surface area contributed by atoms with Crippen LogP contribution in [-0.2, 0) is 27.9 Å². The average Bonchev–Trinajstić information content (AvgIpc) is 2.82. The van der Waals surface area contributed by atoms with Gasteiger partial charge in [0.15, 0.2) is 0 Å². The third-order valence-corrected chi connectivity index (χ3v) is 4.74. The molecule has 0 unspecified atom stereocenters. The second kappa shape index (κ2) is 7.77. The maximum Gasteiger partial charge on any atom is 0.238 e. The molecule has 4 N–H and O–H groups in total. The van der Waals surface area contributed by atoms with E-state index in [-0.39, 0.29) is 17.3 Å². The summed E-state index contributed by atoms with van der Waals surface area (Å²) < 4.78 is 24.2. The van der Waals surface area contributed by atoms with Gasteiger partial charge in [0.2, 0.25) is 15.9 Å². The summed E-state index contributed by atoms with van der Waals surface area (Å²) in [6.45, 7) is 7.08. The van der Waals surface area contributed by atoms with Crippen LogP contribution >= 0.6 is 0 Å². The first-order chi connectivity index (χ1) is 11.7. The number of anilines is 1. The Morgan fingerprint density at radius 2 is 1.88 bits per heavy atom. The largest absolute Gasteiger partial charge is 0.322 e. The smallest absolute Gasteiger partial charge is 0.238 e. The summed E-state index contributed by atoms with van der Waals surface area (Å²) >= 11 is 0. The van der Waals surface area contributed by atoms with Crippen molar-refractivity contribution in [2.24, 2.45) is 5.14 Å². The lowest BCUT2D eigenvalue weighted by Gasteiger charge is -2.08. The molecule has 1 aromatic carbocycles. The topological polar surface area (TPSA) is 119 Å². The maximum absolute atomic E-state index is 12.1. The number of amides is 1. The van der Waals surface area contributed by atoms with Crippen LogP contribution in [-0.4, -0.2) is 30.7 Å². The molecule has 0 atom stereocenters. The fourth-order valence-corrected chi connectivity index (χ4v) is 3.00. The minimum absolute atomic E-state index is 0.0629. The predicted octanol–water partition coefficient (Wildman–Crippen LogP) is 0.896. The molecule has 0 aliphatic heterocycles. The Morgan fingerprint density at radius 3 is 2.40 bits per heavy atom. The zero-order chi connectivity index (χ0) is 18.6. The summed E-state index contributed by atoms with van der Waals surface area (Å²) in [6, 6.07) is 6.20. The zero-order valence-corrected chi connectivity index (χ0v) is 15.4.